The van der Waals surface area contributed by atoms with E-state index < -0.39 is 0 Å². The van der Waals surface area contributed by atoms with Gasteiger partial charge in [0.25, 0.3) is 0 Å². The van der Waals surface area contributed by atoms with Crippen LogP contribution in [0.3, 0.4) is 0 Å². The standard InChI is InChI=1S/C8H12N2.C2H6/c1-3-7-5-9-6-8(4-2)10-7;1-2/h5-6H,3-4H2,1-2H3;1-2H3. The zero-order valence-corrected chi connectivity index (χ0v) is 8.46. The fourth-order valence-electron chi connectivity index (χ4n) is 0.792. The molecule has 0 aliphatic carbocycles. The number of hydrogen-bond donors (Lipinski definition) is 0. The van der Waals surface area contributed by atoms with Crippen molar-refractivity contribution in [2.24, 2.45) is 0 Å². The average Bonchev–Trinajstić information content (AvgIpc) is 2.21. The van der Waals surface area contributed by atoms with Gasteiger partial charge in [-0.2, -0.15) is 0 Å². The molecule has 0 spiro atoms. The van der Waals surface area contributed by atoms with Crippen molar-refractivity contribution < 1.29 is 0 Å². The van der Waals surface area contributed by atoms with Gasteiger partial charge in [-0.25, -0.2) is 0 Å². The maximum Gasteiger partial charge on any atom is 0.0587 e. The van der Waals surface area contributed by atoms with Crippen LogP contribution in [-0.2, 0) is 12.8 Å². The molecule has 68 valence electrons. The molecular formula is C10H18N2. The normalized spacial score (nSPS) is 8.67. The summed E-state index contributed by atoms with van der Waals surface area (Å²) < 4.78 is 0. The first kappa shape index (κ1) is 11.1. The van der Waals surface area contributed by atoms with Gasteiger partial charge in [0.2, 0.25) is 0 Å². The van der Waals surface area contributed by atoms with Crippen molar-refractivity contribution in [2.75, 3.05) is 0 Å². The molecule has 1 aromatic heterocycles. The highest BCUT2D eigenvalue weighted by Crippen LogP contribution is 1.96. The maximum absolute atomic E-state index is 4.35. The van der Waals surface area contributed by atoms with E-state index >= 15 is 0 Å². The Hall–Kier alpha value is -0.920. The summed E-state index contributed by atoms with van der Waals surface area (Å²) in [6, 6.07) is 0. The molecule has 0 saturated carbocycles. The van der Waals surface area contributed by atoms with E-state index in [1.165, 1.54) is 0 Å². The summed E-state index contributed by atoms with van der Waals surface area (Å²) in [6.45, 7) is 8.17. The van der Waals surface area contributed by atoms with Gasteiger partial charge in [0.05, 0.1) is 11.4 Å². The Bertz CT molecular complexity index is 189. The molecule has 0 aliphatic rings. The van der Waals surface area contributed by atoms with Crippen LogP contribution in [0.2, 0.25) is 0 Å². The van der Waals surface area contributed by atoms with Gasteiger partial charge in [0.15, 0.2) is 0 Å². The molecule has 0 amide bonds. The van der Waals surface area contributed by atoms with Gasteiger partial charge in [-0.1, -0.05) is 27.7 Å². The van der Waals surface area contributed by atoms with Gasteiger partial charge in [-0.3, -0.25) is 9.97 Å². The topological polar surface area (TPSA) is 25.8 Å². The smallest absolute Gasteiger partial charge is 0.0587 e. The molecule has 2 heteroatoms. The molecular weight excluding hydrogens is 148 g/mol. The van der Waals surface area contributed by atoms with E-state index in [0.29, 0.717) is 0 Å². The number of hydrogen-bond acceptors (Lipinski definition) is 2. The molecule has 1 heterocycles. The summed E-state index contributed by atoms with van der Waals surface area (Å²) in [5, 5.41) is 0. The van der Waals surface area contributed by atoms with Crippen molar-refractivity contribution in [1.82, 2.24) is 9.97 Å². The van der Waals surface area contributed by atoms with Crippen molar-refractivity contribution in [1.29, 1.82) is 0 Å². The van der Waals surface area contributed by atoms with Crippen LogP contribution >= 0.6 is 0 Å². The molecule has 1 aromatic rings. The van der Waals surface area contributed by atoms with Crippen molar-refractivity contribution in [2.45, 2.75) is 40.5 Å². The number of aryl methyl sites for hydroxylation is 2. The molecule has 12 heavy (non-hydrogen) atoms. The Morgan fingerprint density at radius 1 is 1.00 bits per heavy atom. The third kappa shape index (κ3) is 3.46. The first-order valence-corrected chi connectivity index (χ1v) is 4.66. The van der Waals surface area contributed by atoms with Crippen molar-refractivity contribution in [3.63, 3.8) is 0 Å². The molecule has 1 rings (SSSR count). The van der Waals surface area contributed by atoms with Crippen LogP contribution in [0.15, 0.2) is 12.4 Å². The minimum absolute atomic E-state index is 0.973. The van der Waals surface area contributed by atoms with E-state index in [4.69, 9.17) is 0 Å². The fraction of sp³-hybridized carbons (Fsp3) is 0.600. The van der Waals surface area contributed by atoms with E-state index in [9.17, 15) is 0 Å². The van der Waals surface area contributed by atoms with Crippen LogP contribution in [0.5, 0.6) is 0 Å². The van der Waals surface area contributed by atoms with Gasteiger partial charge in [0, 0.05) is 12.4 Å². The second-order valence-corrected chi connectivity index (χ2v) is 2.21. The molecule has 0 unspecified atom stereocenters. The van der Waals surface area contributed by atoms with Gasteiger partial charge in [0.1, 0.15) is 0 Å². The highest BCUT2D eigenvalue weighted by molar-refractivity contribution is 5.02. The SMILES string of the molecule is CC.CCc1cncc(CC)n1. The Morgan fingerprint density at radius 3 is 1.75 bits per heavy atom. The first-order chi connectivity index (χ1) is 5.86. The monoisotopic (exact) mass is 166 g/mol. The van der Waals surface area contributed by atoms with Crippen LogP contribution in [0.4, 0.5) is 0 Å². The molecule has 0 N–H and O–H groups in total. The average molecular weight is 166 g/mol. The van der Waals surface area contributed by atoms with E-state index in [1.807, 2.05) is 26.2 Å². The van der Waals surface area contributed by atoms with E-state index in [1.54, 1.807) is 0 Å². The van der Waals surface area contributed by atoms with Crippen molar-refractivity contribution >= 4 is 0 Å². The Kier molecular flexibility index (Phi) is 6.25. The lowest BCUT2D eigenvalue weighted by molar-refractivity contribution is 0.921. The molecule has 0 aromatic carbocycles. The van der Waals surface area contributed by atoms with Gasteiger partial charge >= 0.3 is 0 Å². The van der Waals surface area contributed by atoms with Crippen molar-refractivity contribution in [3.05, 3.63) is 23.8 Å². The predicted octanol–water partition coefficient (Wildman–Crippen LogP) is 2.63. The van der Waals surface area contributed by atoms with E-state index in [2.05, 4.69) is 23.8 Å². The summed E-state index contributed by atoms with van der Waals surface area (Å²) in [5.74, 6) is 0. The zero-order valence-electron chi connectivity index (χ0n) is 8.46. The first-order valence-electron chi connectivity index (χ1n) is 4.66. The molecule has 0 bridgehead atoms. The number of aromatic nitrogens is 2. The predicted molar refractivity (Wildman–Crippen MR) is 52.1 cm³/mol. The fourth-order valence-corrected chi connectivity index (χ4v) is 0.792. The summed E-state index contributed by atoms with van der Waals surface area (Å²) in [5.41, 5.74) is 2.17. The van der Waals surface area contributed by atoms with E-state index in [0.717, 1.165) is 24.2 Å². The lowest BCUT2D eigenvalue weighted by Crippen LogP contribution is -1.93. The zero-order chi connectivity index (χ0) is 9.40. The van der Waals surface area contributed by atoms with Gasteiger partial charge < -0.3 is 0 Å². The molecule has 0 aliphatic heterocycles. The second-order valence-electron chi connectivity index (χ2n) is 2.21. The maximum atomic E-state index is 4.35. The van der Waals surface area contributed by atoms with Crippen LogP contribution in [0.1, 0.15) is 39.1 Å². The van der Waals surface area contributed by atoms with Gasteiger partial charge in [-0.15, -0.1) is 0 Å². The highest BCUT2D eigenvalue weighted by atomic mass is 14.8. The summed E-state index contributed by atoms with van der Waals surface area (Å²) >= 11 is 0. The third-order valence-corrected chi connectivity index (χ3v) is 1.46. The Morgan fingerprint density at radius 2 is 1.42 bits per heavy atom. The largest absolute Gasteiger partial charge is 0.261 e. The molecule has 0 atom stereocenters. The molecule has 0 saturated heterocycles. The Labute approximate surface area is 75.1 Å². The number of nitrogens with zero attached hydrogens (tertiary/aromatic N) is 2. The second kappa shape index (κ2) is 6.77. The van der Waals surface area contributed by atoms with Crippen LogP contribution < -0.4 is 0 Å². The summed E-state index contributed by atoms with van der Waals surface area (Å²) in [4.78, 5) is 8.41. The highest BCUT2D eigenvalue weighted by Gasteiger charge is 1.92. The summed E-state index contributed by atoms with van der Waals surface area (Å²) in [7, 11) is 0. The van der Waals surface area contributed by atoms with Crippen LogP contribution in [-0.4, -0.2) is 9.97 Å². The lowest BCUT2D eigenvalue weighted by atomic mass is 10.3. The third-order valence-electron chi connectivity index (χ3n) is 1.46. The van der Waals surface area contributed by atoms with Crippen molar-refractivity contribution in [3.8, 4) is 0 Å². The Balaban J connectivity index is 0.000000561. The molecule has 0 fully saturated rings. The molecule has 0 radical (unpaired) electrons. The quantitative estimate of drug-likeness (QED) is 0.675. The summed E-state index contributed by atoms with van der Waals surface area (Å²) in [6.07, 6.45) is 5.58. The lowest BCUT2D eigenvalue weighted by Gasteiger charge is -1.96. The van der Waals surface area contributed by atoms with Crippen LogP contribution in [0, 0.1) is 0 Å². The van der Waals surface area contributed by atoms with Crippen LogP contribution in [0.25, 0.3) is 0 Å². The minimum atomic E-state index is 0.973. The van der Waals surface area contributed by atoms with Gasteiger partial charge in [-0.05, 0) is 12.8 Å². The molecule has 2 nitrogen and oxygen atoms in total. The number of rotatable bonds is 2. The van der Waals surface area contributed by atoms with E-state index in [-0.39, 0.29) is 0 Å². The minimum Gasteiger partial charge on any atom is -0.261 e.